The van der Waals surface area contributed by atoms with Crippen LogP contribution < -0.4 is 9.47 Å². The Kier molecular flexibility index (Phi) is 5.14. The van der Waals surface area contributed by atoms with Crippen molar-refractivity contribution in [1.82, 2.24) is 20.0 Å². The number of thiophene rings is 1. The fraction of sp³-hybridized carbons (Fsp3) is 0.381. The van der Waals surface area contributed by atoms with Gasteiger partial charge in [0.05, 0.1) is 4.88 Å². The SMILES string of the molecule is Cc1ccsc1-c1nnc(CC(=O)N2CCN(Cc3ccc4c(c3)OCO4)CC2)o1. The summed E-state index contributed by atoms with van der Waals surface area (Å²) < 4.78 is 16.5. The molecule has 2 aliphatic heterocycles. The maximum Gasteiger partial charge on any atom is 0.258 e. The number of hydrogen-bond acceptors (Lipinski definition) is 8. The van der Waals surface area contributed by atoms with Gasteiger partial charge in [-0.15, -0.1) is 21.5 Å². The maximum atomic E-state index is 12.7. The van der Waals surface area contributed by atoms with E-state index in [-0.39, 0.29) is 19.1 Å². The number of amides is 1. The van der Waals surface area contributed by atoms with Crippen LogP contribution in [0.1, 0.15) is 17.0 Å². The molecule has 1 aromatic carbocycles. The van der Waals surface area contributed by atoms with Gasteiger partial charge in [-0.2, -0.15) is 0 Å². The summed E-state index contributed by atoms with van der Waals surface area (Å²) in [5.74, 6) is 2.48. The van der Waals surface area contributed by atoms with Crippen LogP contribution in [0.25, 0.3) is 10.8 Å². The number of carbonyl (C=O) groups is 1. The molecule has 4 heterocycles. The molecule has 2 aliphatic rings. The smallest absolute Gasteiger partial charge is 0.258 e. The van der Waals surface area contributed by atoms with Crippen LogP contribution in [0.5, 0.6) is 11.5 Å². The van der Waals surface area contributed by atoms with E-state index >= 15 is 0 Å². The van der Waals surface area contributed by atoms with Crippen molar-refractivity contribution in [3.8, 4) is 22.3 Å². The largest absolute Gasteiger partial charge is 0.454 e. The second-order valence-corrected chi connectivity index (χ2v) is 8.37. The standard InChI is InChI=1S/C21H22N4O4S/c1-14-4-9-30-20(14)21-23-22-18(29-21)11-19(26)25-7-5-24(6-8-25)12-15-2-3-16-17(10-15)28-13-27-16/h2-4,9-10H,5-8,11-13H2,1H3. The molecule has 30 heavy (non-hydrogen) atoms. The molecule has 9 heteroatoms. The van der Waals surface area contributed by atoms with Gasteiger partial charge in [-0.25, -0.2) is 0 Å². The van der Waals surface area contributed by atoms with Crippen molar-refractivity contribution in [2.45, 2.75) is 19.9 Å². The Morgan fingerprint density at radius 1 is 1.10 bits per heavy atom. The highest BCUT2D eigenvalue weighted by molar-refractivity contribution is 7.13. The van der Waals surface area contributed by atoms with Gasteiger partial charge in [0.15, 0.2) is 11.5 Å². The first-order chi connectivity index (χ1) is 14.7. The minimum absolute atomic E-state index is 0.0239. The van der Waals surface area contributed by atoms with E-state index in [4.69, 9.17) is 13.9 Å². The molecule has 0 saturated carbocycles. The van der Waals surface area contributed by atoms with E-state index in [1.807, 2.05) is 35.4 Å². The first kappa shape index (κ1) is 19.1. The molecule has 1 saturated heterocycles. The van der Waals surface area contributed by atoms with Gasteiger partial charge in [0.1, 0.15) is 6.42 Å². The van der Waals surface area contributed by atoms with Gasteiger partial charge in [0.25, 0.3) is 5.89 Å². The topological polar surface area (TPSA) is 80.9 Å². The van der Waals surface area contributed by atoms with Crippen molar-refractivity contribution < 1.29 is 18.7 Å². The number of piperazine rings is 1. The molecule has 1 fully saturated rings. The molecule has 5 rings (SSSR count). The fourth-order valence-corrected chi connectivity index (χ4v) is 4.55. The van der Waals surface area contributed by atoms with Gasteiger partial charge in [-0.1, -0.05) is 6.07 Å². The third-order valence-electron chi connectivity index (χ3n) is 5.39. The van der Waals surface area contributed by atoms with Crippen LogP contribution in [0.2, 0.25) is 0 Å². The molecule has 0 N–H and O–H groups in total. The molecule has 0 unspecified atom stereocenters. The van der Waals surface area contributed by atoms with E-state index in [9.17, 15) is 4.79 Å². The monoisotopic (exact) mass is 426 g/mol. The van der Waals surface area contributed by atoms with E-state index in [2.05, 4.69) is 21.2 Å². The fourth-order valence-electron chi connectivity index (χ4n) is 3.70. The number of rotatable bonds is 5. The molecule has 8 nitrogen and oxygen atoms in total. The Hall–Kier alpha value is -2.91. The van der Waals surface area contributed by atoms with E-state index < -0.39 is 0 Å². The third-order valence-corrected chi connectivity index (χ3v) is 6.40. The number of hydrogen-bond donors (Lipinski definition) is 0. The van der Waals surface area contributed by atoms with Gasteiger partial charge in [-0.3, -0.25) is 9.69 Å². The van der Waals surface area contributed by atoms with E-state index in [0.717, 1.165) is 41.6 Å². The second-order valence-electron chi connectivity index (χ2n) is 7.46. The summed E-state index contributed by atoms with van der Waals surface area (Å²) in [7, 11) is 0. The molecule has 0 spiro atoms. The number of carbonyl (C=O) groups excluding carboxylic acids is 1. The van der Waals surface area contributed by atoms with E-state index in [1.54, 1.807) is 11.3 Å². The summed E-state index contributed by atoms with van der Waals surface area (Å²) in [6.45, 7) is 6.14. The van der Waals surface area contributed by atoms with Crippen LogP contribution in [0.3, 0.4) is 0 Å². The molecule has 1 amide bonds. The molecule has 0 aliphatic carbocycles. The lowest BCUT2D eigenvalue weighted by molar-refractivity contribution is -0.132. The lowest BCUT2D eigenvalue weighted by Crippen LogP contribution is -2.48. The first-order valence-corrected chi connectivity index (χ1v) is 10.8. The summed E-state index contributed by atoms with van der Waals surface area (Å²) in [6.07, 6.45) is 0.138. The normalized spacial score (nSPS) is 16.2. The van der Waals surface area contributed by atoms with Crippen LogP contribution in [-0.4, -0.2) is 58.9 Å². The highest BCUT2D eigenvalue weighted by Crippen LogP contribution is 2.33. The zero-order valence-electron chi connectivity index (χ0n) is 16.7. The lowest BCUT2D eigenvalue weighted by atomic mass is 10.1. The number of ether oxygens (including phenoxy) is 2. The summed E-state index contributed by atoms with van der Waals surface area (Å²) in [6, 6.07) is 8.06. The predicted molar refractivity (Wildman–Crippen MR) is 110 cm³/mol. The van der Waals surface area contributed by atoms with Crippen LogP contribution in [0, 0.1) is 6.92 Å². The van der Waals surface area contributed by atoms with Gasteiger partial charge in [0, 0.05) is 32.7 Å². The van der Waals surface area contributed by atoms with Gasteiger partial charge >= 0.3 is 0 Å². The number of fused-ring (bicyclic) bond motifs is 1. The molecule has 0 atom stereocenters. The predicted octanol–water partition coefficient (Wildman–Crippen LogP) is 2.72. The van der Waals surface area contributed by atoms with Crippen molar-refractivity contribution in [2.75, 3.05) is 33.0 Å². The number of aromatic nitrogens is 2. The minimum Gasteiger partial charge on any atom is -0.454 e. The summed E-state index contributed by atoms with van der Waals surface area (Å²) in [4.78, 5) is 17.8. The van der Waals surface area contributed by atoms with Gasteiger partial charge in [-0.05, 0) is 41.6 Å². The van der Waals surface area contributed by atoms with E-state index in [1.165, 1.54) is 5.56 Å². The van der Waals surface area contributed by atoms with Crippen molar-refractivity contribution in [2.24, 2.45) is 0 Å². The Morgan fingerprint density at radius 2 is 1.93 bits per heavy atom. The van der Waals surface area contributed by atoms with Gasteiger partial charge in [0.2, 0.25) is 18.6 Å². The molecule has 0 bridgehead atoms. The zero-order valence-corrected chi connectivity index (χ0v) is 17.5. The lowest BCUT2D eigenvalue weighted by Gasteiger charge is -2.34. The van der Waals surface area contributed by atoms with Crippen LogP contribution >= 0.6 is 11.3 Å². The molecule has 2 aromatic heterocycles. The Balaban J connectivity index is 1.14. The number of benzene rings is 1. The highest BCUT2D eigenvalue weighted by Gasteiger charge is 2.24. The van der Waals surface area contributed by atoms with Crippen LogP contribution in [-0.2, 0) is 17.8 Å². The molecule has 0 radical (unpaired) electrons. The first-order valence-electron chi connectivity index (χ1n) is 9.91. The number of aryl methyl sites for hydroxylation is 1. The summed E-state index contributed by atoms with van der Waals surface area (Å²) in [5.41, 5.74) is 2.28. The zero-order chi connectivity index (χ0) is 20.5. The molecule has 156 valence electrons. The Labute approximate surface area is 178 Å². The Morgan fingerprint density at radius 3 is 2.73 bits per heavy atom. The Bertz CT molecular complexity index is 1050. The number of nitrogens with zero attached hydrogens (tertiary/aromatic N) is 4. The average Bonchev–Trinajstić information content (AvgIpc) is 3.49. The van der Waals surface area contributed by atoms with Crippen molar-refractivity contribution in [3.05, 3.63) is 46.7 Å². The van der Waals surface area contributed by atoms with Gasteiger partial charge < -0.3 is 18.8 Å². The highest BCUT2D eigenvalue weighted by atomic mass is 32.1. The minimum atomic E-state index is 0.0239. The molecular formula is C21H22N4O4S. The van der Waals surface area contributed by atoms with Crippen LogP contribution in [0.4, 0.5) is 0 Å². The maximum absolute atomic E-state index is 12.7. The quantitative estimate of drug-likeness (QED) is 0.620. The van der Waals surface area contributed by atoms with Crippen molar-refractivity contribution >= 4 is 17.2 Å². The van der Waals surface area contributed by atoms with Crippen LogP contribution in [0.15, 0.2) is 34.1 Å². The summed E-state index contributed by atoms with van der Waals surface area (Å²) >= 11 is 1.56. The summed E-state index contributed by atoms with van der Waals surface area (Å²) in [5, 5.41) is 10.1. The van der Waals surface area contributed by atoms with Crippen molar-refractivity contribution in [3.63, 3.8) is 0 Å². The average molecular weight is 426 g/mol. The molecule has 3 aromatic rings. The second kappa shape index (κ2) is 8.08. The van der Waals surface area contributed by atoms with E-state index in [0.29, 0.717) is 24.9 Å². The van der Waals surface area contributed by atoms with Crippen molar-refractivity contribution in [1.29, 1.82) is 0 Å². The molecular weight excluding hydrogens is 404 g/mol. The third kappa shape index (κ3) is 3.90.